The molecule has 1 amide bonds. The Balaban J connectivity index is 2.21. The largest absolute Gasteiger partial charge is 0.353 e. The summed E-state index contributed by atoms with van der Waals surface area (Å²) in [6.07, 6.45) is 4.45. The van der Waals surface area contributed by atoms with Gasteiger partial charge in [-0.25, -0.2) is 0 Å². The van der Waals surface area contributed by atoms with Crippen LogP contribution in [0.3, 0.4) is 0 Å². The number of carbonyl (C=O) groups is 1. The third-order valence-corrected chi connectivity index (χ3v) is 3.79. The molecule has 2 atom stereocenters. The SMILES string of the molecule is CC(CS(C)=O)NC(=O)CC1CCNCC1. The van der Waals surface area contributed by atoms with Crippen molar-refractivity contribution in [2.45, 2.75) is 32.2 Å². The summed E-state index contributed by atoms with van der Waals surface area (Å²) >= 11 is 0. The third kappa shape index (κ3) is 5.61. The zero-order valence-electron chi connectivity index (χ0n) is 10.1. The first-order valence-electron chi connectivity index (χ1n) is 5.88. The summed E-state index contributed by atoms with van der Waals surface area (Å²) in [7, 11) is -0.844. The number of carbonyl (C=O) groups excluding carboxylic acids is 1. The van der Waals surface area contributed by atoms with Crippen molar-refractivity contribution in [1.29, 1.82) is 0 Å². The topological polar surface area (TPSA) is 58.2 Å². The molecule has 1 rings (SSSR count). The minimum atomic E-state index is -0.844. The number of hydrogen-bond donors (Lipinski definition) is 2. The molecule has 5 heteroatoms. The van der Waals surface area contributed by atoms with Gasteiger partial charge in [-0.3, -0.25) is 9.00 Å². The minimum absolute atomic E-state index is 0.0139. The van der Waals surface area contributed by atoms with Crippen molar-refractivity contribution in [3.63, 3.8) is 0 Å². The van der Waals surface area contributed by atoms with E-state index in [1.165, 1.54) is 0 Å². The number of rotatable bonds is 5. The molecule has 0 bridgehead atoms. The summed E-state index contributed by atoms with van der Waals surface area (Å²) < 4.78 is 11.0. The van der Waals surface area contributed by atoms with E-state index in [1.54, 1.807) is 6.26 Å². The lowest BCUT2D eigenvalue weighted by atomic mass is 9.94. The molecule has 16 heavy (non-hydrogen) atoms. The Morgan fingerprint density at radius 3 is 2.69 bits per heavy atom. The second-order valence-corrected chi connectivity index (χ2v) is 6.09. The molecule has 94 valence electrons. The van der Waals surface area contributed by atoms with Gasteiger partial charge >= 0.3 is 0 Å². The Bertz CT molecular complexity index is 252. The van der Waals surface area contributed by atoms with Crippen molar-refractivity contribution in [3.05, 3.63) is 0 Å². The first kappa shape index (κ1) is 13.6. The van der Waals surface area contributed by atoms with Gasteiger partial charge in [0, 0.05) is 35.3 Å². The molecule has 2 N–H and O–H groups in total. The van der Waals surface area contributed by atoms with Crippen molar-refractivity contribution in [2.24, 2.45) is 5.92 Å². The summed E-state index contributed by atoms with van der Waals surface area (Å²) in [5.74, 6) is 1.16. The molecule has 1 heterocycles. The van der Waals surface area contributed by atoms with Crippen LogP contribution in [0.2, 0.25) is 0 Å². The van der Waals surface area contributed by atoms with E-state index in [0.717, 1.165) is 25.9 Å². The van der Waals surface area contributed by atoms with Gasteiger partial charge in [-0.15, -0.1) is 0 Å². The van der Waals surface area contributed by atoms with Gasteiger partial charge in [-0.2, -0.15) is 0 Å². The fourth-order valence-corrected chi connectivity index (χ4v) is 2.86. The lowest BCUT2D eigenvalue weighted by Gasteiger charge is -2.22. The fraction of sp³-hybridized carbons (Fsp3) is 0.909. The average Bonchev–Trinajstić information content (AvgIpc) is 2.17. The normalized spacial score (nSPS) is 21.4. The Morgan fingerprint density at radius 1 is 1.50 bits per heavy atom. The van der Waals surface area contributed by atoms with Gasteiger partial charge in [0.1, 0.15) is 0 Å². The molecule has 1 saturated heterocycles. The molecule has 0 radical (unpaired) electrons. The van der Waals surface area contributed by atoms with E-state index in [2.05, 4.69) is 10.6 Å². The third-order valence-electron chi connectivity index (χ3n) is 2.82. The van der Waals surface area contributed by atoms with Crippen LogP contribution in [0.15, 0.2) is 0 Å². The zero-order valence-corrected chi connectivity index (χ0v) is 10.9. The van der Waals surface area contributed by atoms with Crippen LogP contribution in [0, 0.1) is 5.92 Å². The molecule has 0 aliphatic carbocycles. The number of nitrogens with one attached hydrogen (secondary N) is 2. The molecule has 0 saturated carbocycles. The Hall–Kier alpha value is -0.420. The minimum Gasteiger partial charge on any atom is -0.353 e. The van der Waals surface area contributed by atoms with Gasteiger partial charge in [0.05, 0.1) is 0 Å². The second kappa shape index (κ2) is 7.01. The Kier molecular flexibility index (Phi) is 5.98. The van der Waals surface area contributed by atoms with Crippen molar-refractivity contribution in [1.82, 2.24) is 10.6 Å². The van der Waals surface area contributed by atoms with Crippen LogP contribution in [-0.4, -0.2) is 41.3 Å². The van der Waals surface area contributed by atoms with Crippen LogP contribution < -0.4 is 10.6 Å². The van der Waals surface area contributed by atoms with Crippen molar-refractivity contribution < 1.29 is 9.00 Å². The second-order valence-electron chi connectivity index (χ2n) is 4.61. The van der Waals surface area contributed by atoms with Gasteiger partial charge in [-0.1, -0.05) is 0 Å². The van der Waals surface area contributed by atoms with E-state index < -0.39 is 10.8 Å². The number of hydrogen-bond acceptors (Lipinski definition) is 3. The molecule has 0 aromatic carbocycles. The Labute approximate surface area is 100 Å². The van der Waals surface area contributed by atoms with E-state index in [9.17, 15) is 9.00 Å². The molecule has 4 nitrogen and oxygen atoms in total. The highest BCUT2D eigenvalue weighted by molar-refractivity contribution is 7.84. The van der Waals surface area contributed by atoms with Crippen molar-refractivity contribution in [2.75, 3.05) is 25.1 Å². The quantitative estimate of drug-likeness (QED) is 0.731. The van der Waals surface area contributed by atoms with Crippen LogP contribution in [0.25, 0.3) is 0 Å². The first-order valence-corrected chi connectivity index (χ1v) is 7.60. The maximum Gasteiger partial charge on any atom is 0.220 e. The number of piperidine rings is 1. The summed E-state index contributed by atoms with van der Waals surface area (Å²) in [4.78, 5) is 11.7. The number of amides is 1. The van der Waals surface area contributed by atoms with Crippen LogP contribution in [0.1, 0.15) is 26.2 Å². The zero-order chi connectivity index (χ0) is 12.0. The molecular weight excluding hydrogens is 224 g/mol. The maximum atomic E-state index is 11.7. The fourth-order valence-electron chi connectivity index (χ4n) is 2.08. The average molecular weight is 246 g/mol. The predicted octanol–water partition coefficient (Wildman–Crippen LogP) is 0.259. The van der Waals surface area contributed by atoms with Crippen LogP contribution >= 0.6 is 0 Å². The standard InChI is InChI=1S/C11H22N2O2S/c1-9(8-16(2)15)13-11(14)7-10-3-5-12-6-4-10/h9-10,12H,3-8H2,1-2H3,(H,13,14). The summed E-state index contributed by atoms with van der Waals surface area (Å²) in [5, 5.41) is 6.19. The Morgan fingerprint density at radius 2 is 2.12 bits per heavy atom. The maximum absolute atomic E-state index is 11.7. The van der Waals surface area contributed by atoms with Gasteiger partial charge in [0.15, 0.2) is 0 Å². The smallest absolute Gasteiger partial charge is 0.220 e. The molecule has 1 aliphatic rings. The lowest BCUT2D eigenvalue weighted by Crippen LogP contribution is -2.38. The molecule has 0 aromatic heterocycles. The molecular formula is C11H22N2O2S. The van der Waals surface area contributed by atoms with E-state index in [4.69, 9.17) is 0 Å². The molecule has 2 unspecified atom stereocenters. The van der Waals surface area contributed by atoms with Crippen LogP contribution in [0.5, 0.6) is 0 Å². The summed E-state index contributed by atoms with van der Waals surface area (Å²) in [5.41, 5.74) is 0. The monoisotopic (exact) mass is 246 g/mol. The van der Waals surface area contributed by atoms with E-state index >= 15 is 0 Å². The van der Waals surface area contributed by atoms with Crippen molar-refractivity contribution in [3.8, 4) is 0 Å². The molecule has 1 fully saturated rings. The highest BCUT2D eigenvalue weighted by Gasteiger charge is 2.17. The molecule has 0 spiro atoms. The van der Waals surface area contributed by atoms with Gasteiger partial charge in [0.2, 0.25) is 5.91 Å². The van der Waals surface area contributed by atoms with Gasteiger partial charge in [0.25, 0.3) is 0 Å². The van der Waals surface area contributed by atoms with Crippen LogP contribution in [-0.2, 0) is 15.6 Å². The lowest BCUT2D eigenvalue weighted by molar-refractivity contribution is -0.122. The molecule has 1 aliphatic heterocycles. The molecule has 0 aromatic rings. The highest BCUT2D eigenvalue weighted by atomic mass is 32.2. The van der Waals surface area contributed by atoms with Gasteiger partial charge < -0.3 is 10.6 Å². The highest BCUT2D eigenvalue weighted by Crippen LogP contribution is 2.15. The predicted molar refractivity (Wildman–Crippen MR) is 66.7 cm³/mol. The van der Waals surface area contributed by atoms with E-state index in [0.29, 0.717) is 18.1 Å². The van der Waals surface area contributed by atoms with Crippen LogP contribution in [0.4, 0.5) is 0 Å². The summed E-state index contributed by atoms with van der Waals surface area (Å²) in [6.45, 7) is 3.95. The first-order chi connectivity index (χ1) is 7.58. The van der Waals surface area contributed by atoms with Crippen molar-refractivity contribution >= 4 is 16.7 Å². The van der Waals surface area contributed by atoms with E-state index in [-0.39, 0.29) is 11.9 Å². The van der Waals surface area contributed by atoms with Gasteiger partial charge in [-0.05, 0) is 38.8 Å². The summed E-state index contributed by atoms with van der Waals surface area (Å²) in [6, 6.07) is 0.0139. The van der Waals surface area contributed by atoms with E-state index in [1.807, 2.05) is 6.92 Å².